The second-order valence-electron chi connectivity index (χ2n) is 8.37. The van der Waals surface area contributed by atoms with Crippen LogP contribution in [0, 0.1) is 5.92 Å². The SMILES string of the molecule is CC1CCN(C(=O)Cn2c(CCNC(=O)COc3ccccc3)nc3ccccc32)CC1. The van der Waals surface area contributed by atoms with E-state index in [1.54, 1.807) is 0 Å². The van der Waals surface area contributed by atoms with Crippen LogP contribution in [0.1, 0.15) is 25.6 Å². The van der Waals surface area contributed by atoms with Gasteiger partial charge < -0.3 is 19.5 Å². The zero-order chi connectivity index (χ0) is 22.3. The van der Waals surface area contributed by atoms with E-state index in [9.17, 15) is 9.59 Å². The Kier molecular flexibility index (Phi) is 7.04. The summed E-state index contributed by atoms with van der Waals surface area (Å²) < 4.78 is 7.47. The van der Waals surface area contributed by atoms with Gasteiger partial charge in [0.15, 0.2) is 6.61 Å². The monoisotopic (exact) mass is 434 g/mol. The summed E-state index contributed by atoms with van der Waals surface area (Å²) in [6.45, 7) is 4.54. The molecule has 1 fully saturated rings. The lowest BCUT2D eigenvalue weighted by molar-refractivity contribution is -0.133. The van der Waals surface area contributed by atoms with Gasteiger partial charge in [-0.15, -0.1) is 0 Å². The third kappa shape index (κ3) is 5.46. The molecule has 0 aliphatic carbocycles. The number of hydrogen-bond acceptors (Lipinski definition) is 4. The maximum atomic E-state index is 13.0. The Balaban J connectivity index is 1.36. The van der Waals surface area contributed by atoms with E-state index in [0.717, 1.165) is 42.8 Å². The van der Waals surface area contributed by atoms with Crippen LogP contribution in [0.5, 0.6) is 5.75 Å². The molecule has 1 saturated heterocycles. The number of rotatable bonds is 8. The molecule has 0 unspecified atom stereocenters. The van der Waals surface area contributed by atoms with Gasteiger partial charge in [-0.25, -0.2) is 4.98 Å². The number of ether oxygens (including phenoxy) is 1. The van der Waals surface area contributed by atoms with E-state index in [4.69, 9.17) is 9.72 Å². The molecule has 2 amide bonds. The highest BCUT2D eigenvalue weighted by molar-refractivity contribution is 5.81. The van der Waals surface area contributed by atoms with Crippen molar-refractivity contribution >= 4 is 22.8 Å². The average Bonchev–Trinajstić information content (AvgIpc) is 3.16. The van der Waals surface area contributed by atoms with Gasteiger partial charge in [0.05, 0.1) is 11.0 Å². The highest BCUT2D eigenvalue weighted by Gasteiger charge is 2.22. The van der Waals surface area contributed by atoms with Crippen LogP contribution in [0.4, 0.5) is 0 Å². The van der Waals surface area contributed by atoms with Crippen LogP contribution in [-0.2, 0) is 22.6 Å². The highest BCUT2D eigenvalue weighted by Crippen LogP contribution is 2.19. The van der Waals surface area contributed by atoms with E-state index >= 15 is 0 Å². The molecule has 0 saturated carbocycles. The van der Waals surface area contributed by atoms with Gasteiger partial charge in [0.25, 0.3) is 5.91 Å². The fraction of sp³-hybridized carbons (Fsp3) is 0.400. The van der Waals surface area contributed by atoms with E-state index in [0.29, 0.717) is 24.6 Å². The Bertz CT molecular complexity index is 1060. The maximum absolute atomic E-state index is 13.0. The first-order valence-electron chi connectivity index (χ1n) is 11.3. The first-order valence-corrected chi connectivity index (χ1v) is 11.3. The van der Waals surface area contributed by atoms with Gasteiger partial charge in [-0.1, -0.05) is 37.3 Å². The summed E-state index contributed by atoms with van der Waals surface area (Å²) in [4.78, 5) is 31.8. The number of likely N-dealkylation sites (tertiary alicyclic amines) is 1. The number of fused-ring (bicyclic) bond motifs is 1. The van der Waals surface area contributed by atoms with E-state index in [1.165, 1.54) is 0 Å². The van der Waals surface area contributed by atoms with Gasteiger partial charge in [0.1, 0.15) is 18.1 Å². The number of imidazole rings is 1. The van der Waals surface area contributed by atoms with Crippen molar-refractivity contribution in [1.29, 1.82) is 0 Å². The predicted molar refractivity (Wildman–Crippen MR) is 123 cm³/mol. The van der Waals surface area contributed by atoms with Crippen LogP contribution in [0.2, 0.25) is 0 Å². The Morgan fingerprint density at radius 3 is 2.56 bits per heavy atom. The molecule has 2 aromatic carbocycles. The molecule has 4 rings (SSSR count). The number of nitrogens with one attached hydrogen (secondary N) is 1. The van der Waals surface area contributed by atoms with Gasteiger partial charge >= 0.3 is 0 Å². The quantitative estimate of drug-likeness (QED) is 0.591. The predicted octanol–water partition coefficient (Wildman–Crippen LogP) is 3.03. The minimum atomic E-state index is -0.185. The number of piperidine rings is 1. The van der Waals surface area contributed by atoms with Crippen molar-refractivity contribution in [3.63, 3.8) is 0 Å². The molecule has 0 spiro atoms. The molecule has 1 aromatic heterocycles. The third-order valence-electron chi connectivity index (χ3n) is 5.95. The number of carbonyl (C=O) groups is 2. The van der Waals surface area contributed by atoms with Crippen LogP contribution in [0.15, 0.2) is 54.6 Å². The largest absolute Gasteiger partial charge is 0.484 e. The molecule has 32 heavy (non-hydrogen) atoms. The summed E-state index contributed by atoms with van der Waals surface area (Å²) in [7, 11) is 0. The standard InChI is InChI=1S/C25H30N4O3/c1-19-12-15-28(16-13-19)25(31)17-29-22-10-6-5-9-21(22)27-23(29)11-14-26-24(30)18-32-20-7-3-2-4-8-20/h2-10,19H,11-18H2,1H3,(H,26,30). The summed E-state index contributed by atoms with van der Waals surface area (Å²) in [6, 6.07) is 17.1. The molecule has 0 bridgehead atoms. The minimum absolute atomic E-state index is 0.0354. The molecular formula is C25H30N4O3. The number of benzene rings is 2. The number of aromatic nitrogens is 2. The molecule has 7 heteroatoms. The van der Waals surface area contributed by atoms with E-state index < -0.39 is 0 Å². The van der Waals surface area contributed by atoms with Gasteiger partial charge in [-0.3, -0.25) is 9.59 Å². The number of carbonyl (C=O) groups excluding carboxylic acids is 2. The Morgan fingerprint density at radius 1 is 1.06 bits per heavy atom. The number of amides is 2. The van der Waals surface area contributed by atoms with Crippen LogP contribution < -0.4 is 10.1 Å². The van der Waals surface area contributed by atoms with Crippen LogP contribution >= 0.6 is 0 Å². The Morgan fingerprint density at radius 2 is 1.78 bits per heavy atom. The van der Waals surface area contributed by atoms with Crippen LogP contribution in [0.3, 0.4) is 0 Å². The second-order valence-corrected chi connectivity index (χ2v) is 8.37. The van der Waals surface area contributed by atoms with Crippen molar-refractivity contribution in [2.24, 2.45) is 5.92 Å². The smallest absolute Gasteiger partial charge is 0.257 e. The van der Waals surface area contributed by atoms with Crippen molar-refractivity contribution in [3.8, 4) is 5.75 Å². The zero-order valence-corrected chi connectivity index (χ0v) is 18.5. The summed E-state index contributed by atoms with van der Waals surface area (Å²) in [6.07, 6.45) is 2.65. The summed E-state index contributed by atoms with van der Waals surface area (Å²) in [5, 5.41) is 2.88. The van der Waals surface area contributed by atoms with Gasteiger partial charge in [0.2, 0.25) is 5.91 Å². The summed E-state index contributed by atoms with van der Waals surface area (Å²) >= 11 is 0. The number of para-hydroxylation sites is 3. The topological polar surface area (TPSA) is 76.5 Å². The van der Waals surface area contributed by atoms with Gasteiger partial charge in [0, 0.05) is 26.1 Å². The normalized spacial score (nSPS) is 14.5. The molecule has 1 N–H and O–H groups in total. The van der Waals surface area contributed by atoms with Crippen LogP contribution in [0.25, 0.3) is 11.0 Å². The lowest BCUT2D eigenvalue weighted by Gasteiger charge is -2.30. The maximum Gasteiger partial charge on any atom is 0.257 e. The molecule has 2 heterocycles. The van der Waals surface area contributed by atoms with E-state index in [1.807, 2.05) is 64.1 Å². The van der Waals surface area contributed by atoms with Crippen molar-refractivity contribution < 1.29 is 14.3 Å². The van der Waals surface area contributed by atoms with Crippen molar-refractivity contribution in [3.05, 3.63) is 60.4 Å². The summed E-state index contributed by atoms with van der Waals surface area (Å²) in [5.74, 6) is 2.08. The van der Waals surface area contributed by atoms with Crippen molar-refractivity contribution in [2.45, 2.75) is 32.7 Å². The molecule has 0 atom stereocenters. The average molecular weight is 435 g/mol. The third-order valence-corrected chi connectivity index (χ3v) is 5.95. The fourth-order valence-electron chi connectivity index (χ4n) is 4.02. The number of nitrogens with zero attached hydrogens (tertiary/aromatic N) is 3. The van der Waals surface area contributed by atoms with Crippen molar-refractivity contribution in [2.75, 3.05) is 26.2 Å². The van der Waals surface area contributed by atoms with E-state index in [2.05, 4.69) is 12.2 Å². The Labute approximate surface area is 188 Å². The van der Waals surface area contributed by atoms with Gasteiger partial charge in [-0.05, 0) is 43.0 Å². The molecule has 1 aliphatic rings. The zero-order valence-electron chi connectivity index (χ0n) is 18.5. The highest BCUT2D eigenvalue weighted by atomic mass is 16.5. The molecular weight excluding hydrogens is 404 g/mol. The Hall–Kier alpha value is -3.35. The second kappa shape index (κ2) is 10.3. The summed E-state index contributed by atoms with van der Waals surface area (Å²) in [5.41, 5.74) is 1.81. The molecule has 0 radical (unpaired) electrons. The molecule has 3 aromatic rings. The molecule has 7 nitrogen and oxygen atoms in total. The van der Waals surface area contributed by atoms with Crippen LogP contribution in [-0.4, -0.2) is 52.5 Å². The fourth-order valence-corrected chi connectivity index (χ4v) is 4.02. The first-order chi connectivity index (χ1) is 15.6. The van der Waals surface area contributed by atoms with E-state index in [-0.39, 0.29) is 25.0 Å². The molecule has 1 aliphatic heterocycles. The number of hydrogen-bond donors (Lipinski definition) is 1. The van der Waals surface area contributed by atoms with Gasteiger partial charge in [-0.2, -0.15) is 0 Å². The van der Waals surface area contributed by atoms with Crippen molar-refractivity contribution in [1.82, 2.24) is 19.8 Å². The first kappa shape index (κ1) is 21.9. The molecule has 168 valence electrons. The lowest BCUT2D eigenvalue weighted by Crippen LogP contribution is -2.40. The lowest BCUT2D eigenvalue weighted by atomic mass is 9.99. The minimum Gasteiger partial charge on any atom is -0.484 e.